The predicted molar refractivity (Wildman–Crippen MR) is 135 cm³/mol. The zero-order valence-electron chi connectivity index (χ0n) is 20.4. The van der Waals surface area contributed by atoms with Gasteiger partial charge in [0.1, 0.15) is 23.2 Å². The summed E-state index contributed by atoms with van der Waals surface area (Å²) in [7, 11) is 0. The maximum absolute atomic E-state index is 12.1. The van der Waals surface area contributed by atoms with Crippen LogP contribution in [0.4, 0.5) is 5.69 Å². The van der Waals surface area contributed by atoms with Crippen LogP contribution >= 0.6 is 0 Å². The molecule has 0 aliphatic carbocycles. The standard InChI is InChI=1S/C26H29N7O2/c1-4-33(5-2)21-7-8-22-19(3)15-24(35-25(22)16-21)23(17-27)20-9-13-32(14-10-20)18-26(34)29-11-6-12-30-31-28/h7-10,13-16H,4-6,11-12,18H2,1-3H3/p+1. The van der Waals surface area contributed by atoms with Gasteiger partial charge in [-0.3, -0.25) is 4.79 Å². The van der Waals surface area contributed by atoms with Gasteiger partial charge in [0, 0.05) is 66.1 Å². The van der Waals surface area contributed by atoms with E-state index in [2.05, 4.69) is 52.3 Å². The average molecular weight is 473 g/mol. The zero-order chi connectivity index (χ0) is 25.2. The van der Waals surface area contributed by atoms with Gasteiger partial charge in [0.2, 0.25) is 6.54 Å². The molecule has 0 saturated carbocycles. The van der Waals surface area contributed by atoms with Crippen molar-refractivity contribution < 1.29 is 14.1 Å². The number of anilines is 1. The Morgan fingerprint density at radius 3 is 2.66 bits per heavy atom. The van der Waals surface area contributed by atoms with Gasteiger partial charge in [-0.25, -0.2) is 0 Å². The summed E-state index contributed by atoms with van der Waals surface area (Å²) >= 11 is 0. The first-order valence-corrected chi connectivity index (χ1v) is 11.7. The molecule has 2 heterocycles. The number of ether oxygens (including phenoxy) is 1. The minimum Gasteiger partial charge on any atom is -0.455 e. The maximum Gasteiger partial charge on any atom is 0.285 e. The number of hydrogen-bond donors (Lipinski definition) is 1. The van der Waals surface area contributed by atoms with Crippen LogP contribution in [0.5, 0.6) is 5.75 Å². The van der Waals surface area contributed by atoms with E-state index in [0.717, 1.165) is 35.7 Å². The minimum absolute atomic E-state index is 0.141. The highest BCUT2D eigenvalue weighted by atomic mass is 16.5. The van der Waals surface area contributed by atoms with E-state index in [9.17, 15) is 10.1 Å². The Bertz CT molecular complexity index is 1220. The number of aromatic nitrogens is 1. The quantitative estimate of drug-likeness (QED) is 0.138. The van der Waals surface area contributed by atoms with Crippen molar-refractivity contribution in [2.75, 3.05) is 31.1 Å². The lowest BCUT2D eigenvalue weighted by molar-refractivity contribution is -0.684. The van der Waals surface area contributed by atoms with E-state index in [0.29, 0.717) is 36.4 Å². The van der Waals surface area contributed by atoms with E-state index in [1.807, 2.05) is 19.1 Å². The molecule has 0 saturated heterocycles. The zero-order valence-corrected chi connectivity index (χ0v) is 20.4. The summed E-state index contributed by atoms with van der Waals surface area (Å²) in [4.78, 5) is 17.0. The molecule has 0 bridgehead atoms. The van der Waals surface area contributed by atoms with Crippen LogP contribution in [0.15, 0.2) is 59.7 Å². The molecule has 9 heteroatoms. The number of hydrogen-bond acceptors (Lipinski definition) is 5. The van der Waals surface area contributed by atoms with Crippen molar-refractivity contribution in [2.24, 2.45) is 5.11 Å². The van der Waals surface area contributed by atoms with E-state index < -0.39 is 0 Å². The molecular weight excluding hydrogens is 442 g/mol. The number of amides is 1. The van der Waals surface area contributed by atoms with Crippen molar-refractivity contribution in [3.63, 3.8) is 0 Å². The number of rotatable bonds is 10. The third kappa shape index (κ3) is 6.40. The van der Waals surface area contributed by atoms with Crippen molar-refractivity contribution in [3.05, 3.63) is 76.1 Å². The van der Waals surface area contributed by atoms with Gasteiger partial charge in [-0.05, 0) is 56.5 Å². The van der Waals surface area contributed by atoms with Gasteiger partial charge in [-0.15, -0.1) is 0 Å². The number of nitrogens with zero attached hydrogens (tertiary/aromatic N) is 6. The lowest BCUT2D eigenvalue weighted by atomic mass is 9.99. The highest BCUT2D eigenvalue weighted by Crippen LogP contribution is 2.38. The summed E-state index contributed by atoms with van der Waals surface area (Å²) in [5.74, 6) is 1.10. The molecule has 1 amide bonds. The Morgan fingerprint density at radius 2 is 2.00 bits per heavy atom. The number of benzene rings is 1. The average Bonchev–Trinajstić information content (AvgIpc) is 2.86. The summed E-state index contributed by atoms with van der Waals surface area (Å²) in [6.45, 7) is 8.98. The van der Waals surface area contributed by atoms with Crippen LogP contribution in [-0.2, 0) is 11.3 Å². The van der Waals surface area contributed by atoms with Crippen LogP contribution in [0.3, 0.4) is 0 Å². The SMILES string of the molecule is CCN(CC)c1ccc2c(c1)O/C(=C(/C#N)c1cc[n+](CC(=O)NCCCN=[N+]=[N-])cc1)C=C2C. The molecule has 0 unspecified atom stereocenters. The van der Waals surface area contributed by atoms with Crippen molar-refractivity contribution in [3.8, 4) is 11.8 Å². The van der Waals surface area contributed by atoms with Crippen molar-refractivity contribution in [1.29, 1.82) is 5.26 Å². The molecule has 0 spiro atoms. The molecule has 180 valence electrons. The smallest absolute Gasteiger partial charge is 0.285 e. The first-order chi connectivity index (χ1) is 17.0. The van der Waals surface area contributed by atoms with Crippen LogP contribution in [0.1, 0.15) is 38.3 Å². The molecule has 1 aliphatic rings. The molecule has 2 aromatic rings. The molecule has 1 aromatic heterocycles. The topological polar surface area (TPSA) is 118 Å². The van der Waals surface area contributed by atoms with E-state index in [1.165, 1.54) is 0 Å². The lowest BCUT2D eigenvalue weighted by Gasteiger charge is -2.25. The van der Waals surface area contributed by atoms with Crippen molar-refractivity contribution in [1.82, 2.24) is 5.32 Å². The highest BCUT2D eigenvalue weighted by Gasteiger charge is 2.20. The van der Waals surface area contributed by atoms with Crippen molar-refractivity contribution in [2.45, 2.75) is 33.7 Å². The Balaban J connectivity index is 1.77. The van der Waals surface area contributed by atoms with Crippen LogP contribution < -0.4 is 19.5 Å². The summed E-state index contributed by atoms with van der Waals surface area (Å²) in [5, 5.41) is 16.2. The number of fused-ring (bicyclic) bond motifs is 1. The molecule has 3 rings (SSSR count). The van der Waals surface area contributed by atoms with Gasteiger partial charge >= 0.3 is 0 Å². The first-order valence-electron chi connectivity index (χ1n) is 11.7. The van der Waals surface area contributed by atoms with Crippen LogP contribution in [0.25, 0.3) is 21.6 Å². The Hall–Kier alpha value is -4.28. The van der Waals surface area contributed by atoms with E-state index in [-0.39, 0.29) is 12.5 Å². The Kier molecular flexibility index (Phi) is 8.88. The number of nitriles is 1. The second-order valence-electron chi connectivity index (χ2n) is 8.05. The molecule has 0 fully saturated rings. The van der Waals surface area contributed by atoms with Gasteiger partial charge in [0.25, 0.3) is 5.91 Å². The molecule has 1 aromatic carbocycles. The third-order valence-electron chi connectivity index (χ3n) is 5.77. The number of azide groups is 1. The maximum atomic E-state index is 12.1. The number of carbonyl (C=O) groups is 1. The number of carbonyl (C=O) groups excluding carboxylic acids is 1. The predicted octanol–water partition coefficient (Wildman–Crippen LogP) is 4.37. The summed E-state index contributed by atoms with van der Waals surface area (Å²) in [6.07, 6.45) is 6.00. The third-order valence-corrected chi connectivity index (χ3v) is 5.77. The Morgan fingerprint density at radius 1 is 1.26 bits per heavy atom. The fourth-order valence-corrected chi connectivity index (χ4v) is 3.89. The van der Waals surface area contributed by atoms with Gasteiger partial charge < -0.3 is 15.0 Å². The van der Waals surface area contributed by atoms with Crippen LogP contribution in [0.2, 0.25) is 0 Å². The van der Waals surface area contributed by atoms with Gasteiger partial charge in [-0.1, -0.05) is 5.11 Å². The molecule has 0 atom stereocenters. The normalized spacial score (nSPS) is 13.4. The second kappa shape index (κ2) is 12.3. The summed E-state index contributed by atoms with van der Waals surface area (Å²) < 4.78 is 7.95. The number of nitrogens with one attached hydrogen (secondary N) is 1. The monoisotopic (exact) mass is 472 g/mol. The number of pyridine rings is 1. The van der Waals surface area contributed by atoms with E-state index >= 15 is 0 Å². The minimum atomic E-state index is -0.141. The fourth-order valence-electron chi connectivity index (χ4n) is 3.89. The van der Waals surface area contributed by atoms with E-state index in [4.69, 9.17) is 10.3 Å². The highest BCUT2D eigenvalue weighted by molar-refractivity contribution is 5.85. The number of allylic oxidation sites excluding steroid dienone is 3. The molecular formula is C26H30N7O2+. The van der Waals surface area contributed by atoms with Crippen LogP contribution in [-0.4, -0.2) is 32.1 Å². The molecule has 1 N–H and O–H groups in total. The summed E-state index contributed by atoms with van der Waals surface area (Å²) in [5.41, 5.74) is 12.5. The second-order valence-corrected chi connectivity index (χ2v) is 8.05. The van der Waals surface area contributed by atoms with Gasteiger partial charge in [0.05, 0.1) is 0 Å². The molecule has 9 nitrogen and oxygen atoms in total. The Labute approximate surface area is 205 Å². The lowest BCUT2D eigenvalue weighted by Crippen LogP contribution is -2.42. The molecule has 1 aliphatic heterocycles. The molecule has 0 radical (unpaired) electrons. The fraction of sp³-hybridized carbons (Fsp3) is 0.346. The van der Waals surface area contributed by atoms with E-state index in [1.54, 1.807) is 29.1 Å². The van der Waals surface area contributed by atoms with Gasteiger partial charge in [0.15, 0.2) is 12.4 Å². The first kappa shape index (κ1) is 25.3. The summed E-state index contributed by atoms with van der Waals surface area (Å²) in [6, 6.07) is 12.1. The van der Waals surface area contributed by atoms with Crippen molar-refractivity contribution >= 4 is 22.7 Å². The van der Waals surface area contributed by atoms with Gasteiger partial charge in [-0.2, -0.15) is 9.83 Å². The largest absolute Gasteiger partial charge is 0.455 e. The van der Waals surface area contributed by atoms with Crippen LogP contribution in [0, 0.1) is 11.3 Å². The molecule has 35 heavy (non-hydrogen) atoms.